The summed E-state index contributed by atoms with van der Waals surface area (Å²) in [4.78, 5) is 0. The molecule has 2 heteroatoms. The van der Waals surface area contributed by atoms with Crippen LogP contribution in [-0.2, 0) is 4.74 Å². The minimum absolute atomic E-state index is 0.697. The number of nitrogens with one attached hydrogen (secondary N) is 1. The quantitative estimate of drug-likeness (QED) is 0.521. The molecule has 82 valence electrons. The van der Waals surface area contributed by atoms with Crippen molar-refractivity contribution in [2.45, 2.75) is 39.2 Å². The molecule has 0 aromatic heterocycles. The van der Waals surface area contributed by atoms with Gasteiger partial charge in [0, 0.05) is 12.6 Å². The molecule has 14 heavy (non-hydrogen) atoms. The molecule has 0 heterocycles. The number of hydrogen-bond acceptors (Lipinski definition) is 2. The van der Waals surface area contributed by atoms with Crippen molar-refractivity contribution in [2.24, 2.45) is 5.92 Å². The van der Waals surface area contributed by atoms with Crippen LogP contribution in [0.15, 0.2) is 12.2 Å². The third-order valence-electron chi connectivity index (χ3n) is 2.72. The van der Waals surface area contributed by atoms with Gasteiger partial charge < -0.3 is 10.1 Å². The zero-order valence-corrected chi connectivity index (χ0v) is 9.51. The summed E-state index contributed by atoms with van der Waals surface area (Å²) in [6, 6.07) is 0.735. The molecule has 0 radical (unpaired) electrons. The Labute approximate surface area is 87.7 Å². The van der Waals surface area contributed by atoms with Crippen LogP contribution in [-0.4, -0.2) is 25.8 Å². The van der Waals surface area contributed by atoms with E-state index in [1.165, 1.54) is 19.3 Å². The Morgan fingerprint density at radius 1 is 1.50 bits per heavy atom. The van der Waals surface area contributed by atoms with Gasteiger partial charge in [-0.25, -0.2) is 0 Å². The fraction of sp³-hybridized carbons (Fsp3) is 0.833. The fourth-order valence-electron chi connectivity index (χ4n) is 1.97. The molecule has 1 rings (SSSR count). The zero-order chi connectivity index (χ0) is 10.4. The van der Waals surface area contributed by atoms with Gasteiger partial charge in [0.1, 0.15) is 0 Å². The largest absolute Gasteiger partial charge is 0.376 e. The maximum absolute atomic E-state index is 5.42. The van der Waals surface area contributed by atoms with E-state index in [2.05, 4.69) is 18.8 Å². The zero-order valence-electron chi connectivity index (χ0n) is 9.51. The van der Waals surface area contributed by atoms with Crippen LogP contribution in [0.2, 0.25) is 0 Å². The van der Waals surface area contributed by atoms with Crippen LogP contribution in [0.4, 0.5) is 0 Å². The van der Waals surface area contributed by atoms with E-state index in [0.717, 1.165) is 30.7 Å². The maximum atomic E-state index is 5.42. The summed E-state index contributed by atoms with van der Waals surface area (Å²) in [7, 11) is 0. The lowest BCUT2D eigenvalue weighted by atomic mass is 10.1. The Balaban J connectivity index is 1.91. The number of ether oxygens (including phenoxy) is 1. The van der Waals surface area contributed by atoms with Crippen LogP contribution >= 0.6 is 0 Å². The van der Waals surface area contributed by atoms with Crippen LogP contribution in [0.5, 0.6) is 0 Å². The molecule has 0 aromatic carbocycles. The van der Waals surface area contributed by atoms with E-state index in [-0.39, 0.29) is 0 Å². The average molecular weight is 197 g/mol. The van der Waals surface area contributed by atoms with E-state index in [1.54, 1.807) is 0 Å². The lowest BCUT2D eigenvalue weighted by Gasteiger charge is -2.12. The minimum Gasteiger partial charge on any atom is -0.376 e. The Hall–Kier alpha value is -0.340. The average Bonchev–Trinajstić information content (AvgIpc) is 2.50. The molecule has 2 nitrogen and oxygen atoms in total. The second-order valence-corrected chi connectivity index (χ2v) is 4.58. The SMILES string of the molecule is C=C(C)COCCNC1CCC(C)C1. The fourth-order valence-corrected chi connectivity index (χ4v) is 1.97. The Kier molecular flexibility index (Phi) is 5.20. The highest BCUT2D eigenvalue weighted by atomic mass is 16.5. The lowest BCUT2D eigenvalue weighted by Crippen LogP contribution is -2.29. The Bertz CT molecular complexity index is 179. The summed E-state index contributed by atoms with van der Waals surface area (Å²) in [5.74, 6) is 0.906. The molecule has 0 spiro atoms. The van der Waals surface area contributed by atoms with Gasteiger partial charge in [0.05, 0.1) is 13.2 Å². The van der Waals surface area contributed by atoms with Crippen molar-refractivity contribution >= 4 is 0 Å². The number of rotatable bonds is 6. The highest BCUT2D eigenvalue weighted by Gasteiger charge is 2.19. The van der Waals surface area contributed by atoms with E-state index in [0.29, 0.717) is 6.61 Å². The summed E-state index contributed by atoms with van der Waals surface area (Å²) >= 11 is 0. The number of hydrogen-bond donors (Lipinski definition) is 1. The van der Waals surface area contributed by atoms with Gasteiger partial charge >= 0.3 is 0 Å². The van der Waals surface area contributed by atoms with Crippen molar-refractivity contribution in [2.75, 3.05) is 19.8 Å². The first-order chi connectivity index (χ1) is 6.68. The van der Waals surface area contributed by atoms with Gasteiger partial charge in [-0.3, -0.25) is 0 Å². The summed E-state index contributed by atoms with van der Waals surface area (Å²) in [5.41, 5.74) is 1.10. The predicted octanol–water partition coefficient (Wildman–Crippen LogP) is 2.36. The monoisotopic (exact) mass is 197 g/mol. The first-order valence-corrected chi connectivity index (χ1v) is 5.64. The molecule has 2 unspecified atom stereocenters. The van der Waals surface area contributed by atoms with Crippen LogP contribution in [0.25, 0.3) is 0 Å². The molecule has 0 aromatic rings. The molecule has 1 fully saturated rings. The van der Waals surface area contributed by atoms with E-state index >= 15 is 0 Å². The first-order valence-electron chi connectivity index (χ1n) is 5.64. The molecule has 1 saturated carbocycles. The van der Waals surface area contributed by atoms with Crippen LogP contribution in [0, 0.1) is 5.92 Å². The van der Waals surface area contributed by atoms with Crippen molar-refractivity contribution in [3.05, 3.63) is 12.2 Å². The van der Waals surface area contributed by atoms with Gasteiger partial charge in [0.15, 0.2) is 0 Å². The van der Waals surface area contributed by atoms with Crippen molar-refractivity contribution in [1.29, 1.82) is 0 Å². The molecule has 0 bridgehead atoms. The van der Waals surface area contributed by atoms with Crippen molar-refractivity contribution in [1.82, 2.24) is 5.32 Å². The molecule has 1 aliphatic carbocycles. The molecular formula is C12H23NO. The van der Waals surface area contributed by atoms with Crippen molar-refractivity contribution < 1.29 is 4.74 Å². The van der Waals surface area contributed by atoms with Crippen LogP contribution in [0.1, 0.15) is 33.1 Å². The molecule has 0 amide bonds. The first kappa shape index (κ1) is 11.7. The van der Waals surface area contributed by atoms with Gasteiger partial charge in [0.2, 0.25) is 0 Å². The smallest absolute Gasteiger partial charge is 0.0672 e. The van der Waals surface area contributed by atoms with Gasteiger partial charge in [-0.15, -0.1) is 0 Å². The lowest BCUT2D eigenvalue weighted by molar-refractivity contribution is 0.155. The minimum atomic E-state index is 0.697. The second kappa shape index (κ2) is 6.20. The predicted molar refractivity (Wildman–Crippen MR) is 60.4 cm³/mol. The van der Waals surface area contributed by atoms with E-state index in [9.17, 15) is 0 Å². The van der Waals surface area contributed by atoms with E-state index in [1.807, 2.05) is 6.92 Å². The third kappa shape index (κ3) is 4.77. The standard InChI is InChI=1S/C12H23NO/c1-10(2)9-14-7-6-13-12-5-4-11(3)8-12/h11-13H,1,4-9H2,2-3H3. The van der Waals surface area contributed by atoms with Gasteiger partial charge in [-0.05, 0) is 32.1 Å². The van der Waals surface area contributed by atoms with Crippen LogP contribution in [0.3, 0.4) is 0 Å². The van der Waals surface area contributed by atoms with Gasteiger partial charge in [0.25, 0.3) is 0 Å². The Morgan fingerprint density at radius 2 is 2.29 bits per heavy atom. The molecule has 0 saturated heterocycles. The van der Waals surface area contributed by atoms with Gasteiger partial charge in [-0.1, -0.05) is 19.1 Å². The molecule has 1 aliphatic rings. The summed E-state index contributed by atoms with van der Waals surface area (Å²) in [6.45, 7) is 10.6. The molecule has 0 aliphatic heterocycles. The topological polar surface area (TPSA) is 21.3 Å². The van der Waals surface area contributed by atoms with E-state index < -0.39 is 0 Å². The van der Waals surface area contributed by atoms with E-state index in [4.69, 9.17) is 4.74 Å². The van der Waals surface area contributed by atoms with Crippen molar-refractivity contribution in [3.63, 3.8) is 0 Å². The summed E-state index contributed by atoms with van der Waals surface area (Å²) in [6.07, 6.45) is 4.05. The summed E-state index contributed by atoms with van der Waals surface area (Å²) < 4.78 is 5.42. The Morgan fingerprint density at radius 3 is 2.86 bits per heavy atom. The van der Waals surface area contributed by atoms with Crippen molar-refractivity contribution in [3.8, 4) is 0 Å². The normalized spacial score (nSPS) is 26.7. The molecule has 2 atom stereocenters. The molecule has 1 N–H and O–H groups in total. The summed E-state index contributed by atoms with van der Waals surface area (Å²) in [5, 5.41) is 3.53. The maximum Gasteiger partial charge on any atom is 0.0672 e. The van der Waals surface area contributed by atoms with Gasteiger partial charge in [-0.2, -0.15) is 0 Å². The third-order valence-corrected chi connectivity index (χ3v) is 2.72. The second-order valence-electron chi connectivity index (χ2n) is 4.58. The highest BCUT2D eigenvalue weighted by molar-refractivity contribution is 4.87. The van der Waals surface area contributed by atoms with Crippen LogP contribution < -0.4 is 5.32 Å². The molecular weight excluding hydrogens is 174 g/mol. The highest BCUT2D eigenvalue weighted by Crippen LogP contribution is 2.24.